The van der Waals surface area contributed by atoms with Gasteiger partial charge in [0.15, 0.2) is 0 Å². The molecular formula is C11H16N2O4. The van der Waals surface area contributed by atoms with Crippen LogP contribution >= 0.6 is 0 Å². The summed E-state index contributed by atoms with van der Waals surface area (Å²) in [4.78, 5) is 25.8. The molecule has 0 amide bonds. The molecule has 0 saturated heterocycles. The molecule has 0 aromatic carbocycles. The standard InChI is InChI=1S/C11H16N2O4/c1-11(2,3)4-7-17-10(16)13-6-5-12-8(13)9(14)15/h5-6H,4,7H2,1-3H3,(H,14,15). The summed E-state index contributed by atoms with van der Waals surface area (Å²) < 4.78 is 5.85. The summed E-state index contributed by atoms with van der Waals surface area (Å²) >= 11 is 0. The molecular weight excluding hydrogens is 224 g/mol. The number of carbonyl (C=O) groups is 2. The Morgan fingerprint density at radius 1 is 1.47 bits per heavy atom. The van der Waals surface area contributed by atoms with E-state index in [-0.39, 0.29) is 17.8 Å². The molecule has 0 bridgehead atoms. The van der Waals surface area contributed by atoms with Crippen LogP contribution in [0.15, 0.2) is 12.4 Å². The summed E-state index contributed by atoms with van der Waals surface area (Å²) in [6.07, 6.45) is 2.50. The predicted molar refractivity (Wildman–Crippen MR) is 60.0 cm³/mol. The van der Waals surface area contributed by atoms with Gasteiger partial charge in [0, 0.05) is 12.4 Å². The van der Waals surface area contributed by atoms with E-state index in [0.717, 1.165) is 4.57 Å². The third kappa shape index (κ3) is 3.90. The SMILES string of the molecule is CC(C)(C)CCOC(=O)n1ccnc1C(=O)O. The Morgan fingerprint density at radius 2 is 2.12 bits per heavy atom. The fourth-order valence-corrected chi connectivity index (χ4v) is 1.12. The van der Waals surface area contributed by atoms with Gasteiger partial charge in [-0.25, -0.2) is 19.1 Å². The quantitative estimate of drug-likeness (QED) is 0.873. The van der Waals surface area contributed by atoms with Crippen LogP contribution in [0.2, 0.25) is 0 Å². The molecule has 1 heterocycles. The van der Waals surface area contributed by atoms with E-state index in [1.165, 1.54) is 12.4 Å². The predicted octanol–water partition coefficient (Wildman–Crippen LogP) is 2.00. The number of carboxylic acid groups (broad SMARTS) is 1. The summed E-state index contributed by atoms with van der Waals surface area (Å²) in [5.41, 5.74) is 0.0604. The monoisotopic (exact) mass is 240 g/mol. The Morgan fingerprint density at radius 3 is 2.65 bits per heavy atom. The normalized spacial score (nSPS) is 11.2. The second kappa shape index (κ2) is 4.99. The molecule has 0 aliphatic heterocycles. The van der Waals surface area contributed by atoms with Gasteiger partial charge in [-0.1, -0.05) is 20.8 Å². The van der Waals surface area contributed by atoms with Crippen LogP contribution in [0.4, 0.5) is 4.79 Å². The highest BCUT2D eigenvalue weighted by Crippen LogP contribution is 2.18. The number of nitrogens with zero attached hydrogens (tertiary/aromatic N) is 2. The van der Waals surface area contributed by atoms with Crippen molar-refractivity contribution in [3.63, 3.8) is 0 Å². The van der Waals surface area contributed by atoms with E-state index in [2.05, 4.69) is 4.98 Å². The molecule has 17 heavy (non-hydrogen) atoms. The number of hydrogen-bond acceptors (Lipinski definition) is 4. The van der Waals surface area contributed by atoms with Crippen molar-refractivity contribution in [3.05, 3.63) is 18.2 Å². The Hall–Kier alpha value is -1.85. The lowest BCUT2D eigenvalue weighted by Gasteiger charge is -2.17. The molecule has 0 spiro atoms. The molecule has 0 aliphatic carbocycles. The van der Waals surface area contributed by atoms with E-state index in [4.69, 9.17) is 9.84 Å². The van der Waals surface area contributed by atoms with E-state index in [9.17, 15) is 9.59 Å². The first-order valence-electron chi connectivity index (χ1n) is 5.25. The van der Waals surface area contributed by atoms with Gasteiger partial charge in [-0.3, -0.25) is 0 Å². The molecule has 6 heteroatoms. The fraction of sp³-hybridized carbons (Fsp3) is 0.545. The van der Waals surface area contributed by atoms with Crippen molar-refractivity contribution < 1.29 is 19.4 Å². The maximum Gasteiger partial charge on any atom is 0.419 e. The first-order valence-corrected chi connectivity index (χ1v) is 5.25. The molecule has 1 aromatic heterocycles. The van der Waals surface area contributed by atoms with E-state index < -0.39 is 12.1 Å². The minimum Gasteiger partial charge on any atom is -0.475 e. The van der Waals surface area contributed by atoms with Gasteiger partial charge in [-0.05, 0) is 11.8 Å². The average Bonchev–Trinajstić information content (AvgIpc) is 2.63. The zero-order valence-electron chi connectivity index (χ0n) is 10.1. The molecule has 0 unspecified atom stereocenters. The van der Waals surface area contributed by atoms with Gasteiger partial charge in [0.05, 0.1) is 6.61 Å². The molecule has 0 aliphatic rings. The number of ether oxygens (including phenoxy) is 1. The third-order valence-corrected chi connectivity index (χ3v) is 2.11. The number of carbonyl (C=O) groups excluding carboxylic acids is 1. The van der Waals surface area contributed by atoms with Crippen molar-refractivity contribution in [1.82, 2.24) is 9.55 Å². The molecule has 0 atom stereocenters. The van der Waals surface area contributed by atoms with E-state index in [1.807, 2.05) is 20.8 Å². The molecule has 1 rings (SSSR count). The minimum atomic E-state index is -1.26. The molecule has 1 aromatic rings. The molecule has 1 N–H and O–H groups in total. The minimum absolute atomic E-state index is 0.0604. The Labute approximate surface area is 99.2 Å². The van der Waals surface area contributed by atoms with Gasteiger partial charge in [-0.15, -0.1) is 0 Å². The smallest absolute Gasteiger partial charge is 0.419 e. The van der Waals surface area contributed by atoms with Gasteiger partial charge in [0.1, 0.15) is 0 Å². The van der Waals surface area contributed by atoms with Crippen LogP contribution in [-0.2, 0) is 4.74 Å². The zero-order valence-corrected chi connectivity index (χ0v) is 10.1. The van der Waals surface area contributed by atoms with E-state index >= 15 is 0 Å². The average molecular weight is 240 g/mol. The summed E-state index contributed by atoms with van der Waals surface area (Å²) in [7, 11) is 0. The number of hydrogen-bond donors (Lipinski definition) is 1. The summed E-state index contributed by atoms with van der Waals surface area (Å²) in [6.45, 7) is 6.34. The van der Waals surface area contributed by atoms with Crippen LogP contribution in [0, 0.1) is 5.41 Å². The van der Waals surface area contributed by atoms with Gasteiger partial charge in [0.2, 0.25) is 5.82 Å². The Bertz CT molecular complexity index is 417. The second-order valence-electron chi connectivity index (χ2n) is 4.85. The topological polar surface area (TPSA) is 81.4 Å². The van der Waals surface area contributed by atoms with Crippen LogP contribution in [0.5, 0.6) is 0 Å². The highest BCUT2D eigenvalue weighted by Gasteiger charge is 2.18. The third-order valence-electron chi connectivity index (χ3n) is 2.11. The maximum absolute atomic E-state index is 11.6. The lowest BCUT2D eigenvalue weighted by atomic mass is 9.93. The largest absolute Gasteiger partial charge is 0.475 e. The summed E-state index contributed by atoms with van der Waals surface area (Å²) in [5.74, 6) is -1.60. The van der Waals surface area contributed by atoms with Crippen LogP contribution < -0.4 is 0 Å². The maximum atomic E-state index is 11.6. The van der Waals surface area contributed by atoms with Crippen molar-refractivity contribution in [2.75, 3.05) is 6.61 Å². The molecule has 0 radical (unpaired) electrons. The van der Waals surface area contributed by atoms with Gasteiger partial charge >= 0.3 is 12.1 Å². The van der Waals surface area contributed by atoms with Crippen molar-refractivity contribution in [2.45, 2.75) is 27.2 Å². The second-order valence-corrected chi connectivity index (χ2v) is 4.85. The highest BCUT2D eigenvalue weighted by atomic mass is 16.5. The molecule has 94 valence electrons. The van der Waals surface area contributed by atoms with Crippen molar-refractivity contribution >= 4 is 12.1 Å². The lowest BCUT2D eigenvalue weighted by molar-refractivity contribution is 0.0672. The number of aromatic carboxylic acids is 1. The van der Waals surface area contributed by atoms with Crippen LogP contribution in [0.25, 0.3) is 0 Å². The van der Waals surface area contributed by atoms with Crippen molar-refractivity contribution in [2.24, 2.45) is 5.41 Å². The Kier molecular flexibility index (Phi) is 3.88. The zero-order chi connectivity index (χ0) is 13.1. The van der Waals surface area contributed by atoms with Crippen LogP contribution in [-0.4, -0.2) is 33.3 Å². The molecule has 6 nitrogen and oxygen atoms in total. The first kappa shape index (κ1) is 13.2. The van der Waals surface area contributed by atoms with E-state index in [0.29, 0.717) is 6.42 Å². The van der Waals surface area contributed by atoms with Crippen molar-refractivity contribution in [1.29, 1.82) is 0 Å². The van der Waals surface area contributed by atoms with Crippen LogP contribution in [0.1, 0.15) is 37.8 Å². The van der Waals surface area contributed by atoms with Crippen LogP contribution in [0.3, 0.4) is 0 Å². The van der Waals surface area contributed by atoms with E-state index in [1.54, 1.807) is 0 Å². The Balaban J connectivity index is 2.59. The number of carboxylic acids is 1. The van der Waals surface area contributed by atoms with Gasteiger partial charge in [0.25, 0.3) is 0 Å². The number of imidazole rings is 1. The first-order chi connectivity index (χ1) is 7.81. The number of aromatic nitrogens is 2. The van der Waals surface area contributed by atoms with Crippen molar-refractivity contribution in [3.8, 4) is 0 Å². The molecule has 0 fully saturated rings. The summed E-state index contributed by atoms with van der Waals surface area (Å²) in [5, 5.41) is 8.77. The van der Waals surface area contributed by atoms with Gasteiger partial charge in [-0.2, -0.15) is 0 Å². The summed E-state index contributed by atoms with van der Waals surface area (Å²) in [6, 6.07) is 0. The molecule has 0 saturated carbocycles. The fourth-order valence-electron chi connectivity index (χ4n) is 1.12. The lowest BCUT2D eigenvalue weighted by Crippen LogP contribution is -2.20. The number of rotatable bonds is 3. The highest BCUT2D eigenvalue weighted by molar-refractivity contribution is 5.88. The van der Waals surface area contributed by atoms with Gasteiger partial charge < -0.3 is 9.84 Å².